The molecular weight excluding hydrogens is 452 g/mol. The molecule has 0 unspecified atom stereocenters. The van der Waals surface area contributed by atoms with Crippen LogP contribution in [0.4, 0.5) is 0 Å². The molecule has 3 aromatic carbocycles. The molecule has 184 valence electrons. The minimum atomic E-state index is -0.973. The summed E-state index contributed by atoms with van der Waals surface area (Å²) in [6.07, 6.45) is 2.78. The van der Waals surface area contributed by atoms with Crippen LogP contribution < -0.4 is 5.69 Å². The number of carbonyl (C=O) groups is 2. The molecule has 0 saturated carbocycles. The smallest absolute Gasteiger partial charge is 0.336 e. The van der Waals surface area contributed by atoms with Gasteiger partial charge in [0.15, 0.2) is 0 Å². The molecule has 1 aromatic heterocycles. The van der Waals surface area contributed by atoms with Gasteiger partial charge in [-0.1, -0.05) is 86.1 Å². The number of carbonyl (C=O) groups excluding carboxylic acids is 1. The van der Waals surface area contributed by atoms with Crippen molar-refractivity contribution in [2.75, 3.05) is 0 Å². The Kier molecular flexibility index (Phi) is 7.64. The van der Waals surface area contributed by atoms with E-state index in [0.29, 0.717) is 24.2 Å². The highest BCUT2D eigenvalue weighted by Gasteiger charge is 2.21. The second-order valence-corrected chi connectivity index (χ2v) is 8.94. The lowest BCUT2D eigenvalue weighted by Gasteiger charge is -2.10. The third-order valence-corrected chi connectivity index (χ3v) is 6.48. The van der Waals surface area contributed by atoms with Gasteiger partial charge in [-0.05, 0) is 48.1 Å². The van der Waals surface area contributed by atoms with Crippen molar-refractivity contribution in [3.63, 3.8) is 0 Å². The van der Waals surface area contributed by atoms with E-state index < -0.39 is 5.97 Å². The molecule has 1 N–H and O–H groups in total. The summed E-state index contributed by atoms with van der Waals surface area (Å²) in [6, 6.07) is 23.9. The molecule has 4 aromatic rings. The maximum Gasteiger partial charge on any atom is 0.336 e. The third-order valence-electron chi connectivity index (χ3n) is 6.48. The van der Waals surface area contributed by atoms with E-state index in [4.69, 9.17) is 0 Å². The second kappa shape index (κ2) is 11.0. The Morgan fingerprint density at radius 2 is 1.53 bits per heavy atom. The van der Waals surface area contributed by atoms with Crippen LogP contribution in [0, 0.1) is 6.92 Å². The Morgan fingerprint density at radius 3 is 2.19 bits per heavy atom. The van der Waals surface area contributed by atoms with Gasteiger partial charge in [0.05, 0.1) is 18.5 Å². The molecule has 6 nitrogen and oxygen atoms in total. The van der Waals surface area contributed by atoms with Crippen LogP contribution in [0.15, 0.2) is 83.7 Å². The zero-order valence-electron chi connectivity index (χ0n) is 20.6. The van der Waals surface area contributed by atoms with Gasteiger partial charge in [-0.2, -0.15) is 0 Å². The summed E-state index contributed by atoms with van der Waals surface area (Å²) in [5.74, 6) is -1.21. The molecule has 0 spiro atoms. The summed E-state index contributed by atoms with van der Waals surface area (Å²) in [4.78, 5) is 38.2. The van der Waals surface area contributed by atoms with Crippen molar-refractivity contribution in [3.8, 4) is 11.1 Å². The van der Waals surface area contributed by atoms with Gasteiger partial charge in [0, 0.05) is 11.4 Å². The molecule has 0 amide bonds. The third kappa shape index (κ3) is 5.23. The standard InChI is InChI=1S/C30H30N2O4/c1-3-4-14-27-21(2)32(28(33)19-22-10-6-5-7-11-22)30(36)31(27)20-23-15-17-24(18-16-23)25-12-8-9-13-26(25)29(34)35/h5-13,15-18H,3-4,14,19-20H2,1-2H3,(H,34,35). The fraction of sp³-hybridized carbons (Fsp3) is 0.233. The maximum atomic E-state index is 13.5. The van der Waals surface area contributed by atoms with Crippen molar-refractivity contribution >= 4 is 11.9 Å². The first-order valence-corrected chi connectivity index (χ1v) is 12.2. The average molecular weight is 483 g/mol. The number of aromatic nitrogens is 2. The fourth-order valence-electron chi connectivity index (χ4n) is 4.56. The van der Waals surface area contributed by atoms with E-state index in [2.05, 4.69) is 6.92 Å². The number of rotatable bonds is 9. The van der Waals surface area contributed by atoms with E-state index in [1.807, 2.05) is 67.6 Å². The van der Waals surface area contributed by atoms with E-state index in [-0.39, 0.29) is 23.6 Å². The summed E-state index contributed by atoms with van der Waals surface area (Å²) in [6.45, 7) is 4.28. The van der Waals surface area contributed by atoms with Crippen molar-refractivity contribution in [1.82, 2.24) is 9.13 Å². The molecule has 0 saturated heterocycles. The highest BCUT2D eigenvalue weighted by Crippen LogP contribution is 2.24. The van der Waals surface area contributed by atoms with Crippen LogP contribution in [-0.4, -0.2) is 26.1 Å². The van der Waals surface area contributed by atoms with Crippen molar-refractivity contribution in [1.29, 1.82) is 0 Å². The summed E-state index contributed by atoms with van der Waals surface area (Å²) in [5, 5.41) is 9.51. The minimum Gasteiger partial charge on any atom is -0.478 e. The van der Waals surface area contributed by atoms with Crippen molar-refractivity contribution in [2.24, 2.45) is 0 Å². The van der Waals surface area contributed by atoms with Gasteiger partial charge in [-0.25, -0.2) is 14.2 Å². The zero-order valence-corrected chi connectivity index (χ0v) is 20.6. The van der Waals surface area contributed by atoms with E-state index >= 15 is 0 Å². The summed E-state index contributed by atoms with van der Waals surface area (Å²) < 4.78 is 3.02. The quantitative estimate of drug-likeness (QED) is 0.337. The number of nitrogens with zero attached hydrogens (tertiary/aromatic N) is 2. The van der Waals surface area contributed by atoms with Gasteiger partial charge in [-0.15, -0.1) is 0 Å². The molecule has 0 fully saturated rings. The van der Waals surface area contributed by atoms with Crippen LogP contribution in [0.5, 0.6) is 0 Å². The lowest BCUT2D eigenvalue weighted by atomic mass is 9.99. The predicted molar refractivity (Wildman–Crippen MR) is 141 cm³/mol. The molecule has 4 rings (SSSR count). The lowest BCUT2D eigenvalue weighted by Crippen LogP contribution is -2.31. The zero-order chi connectivity index (χ0) is 25.7. The van der Waals surface area contributed by atoms with Gasteiger partial charge in [0.1, 0.15) is 0 Å². The first-order chi connectivity index (χ1) is 17.4. The van der Waals surface area contributed by atoms with Gasteiger partial charge in [0.25, 0.3) is 0 Å². The SMILES string of the molecule is CCCCc1c(C)n(C(=O)Cc2ccccc2)c(=O)n1Cc1ccc(-c2ccccc2C(=O)O)cc1. The van der Waals surface area contributed by atoms with Crippen molar-refractivity contribution in [3.05, 3.63) is 117 Å². The molecule has 0 atom stereocenters. The van der Waals surface area contributed by atoms with Gasteiger partial charge >= 0.3 is 11.7 Å². The van der Waals surface area contributed by atoms with Crippen LogP contribution >= 0.6 is 0 Å². The molecule has 0 aliphatic rings. The molecule has 0 aliphatic heterocycles. The number of hydrogen-bond donors (Lipinski definition) is 1. The number of carboxylic acids is 1. The Morgan fingerprint density at radius 1 is 0.861 bits per heavy atom. The van der Waals surface area contributed by atoms with E-state index in [1.54, 1.807) is 22.8 Å². The van der Waals surface area contributed by atoms with Gasteiger partial charge < -0.3 is 5.11 Å². The number of imidazole rings is 1. The largest absolute Gasteiger partial charge is 0.478 e. The van der Waals surface area contributed by atoms with Gasteiger partial charge in [0.2, 0.25) is 5.91 Å². The molecule has 6 heteroatoms. The Hall–Kier alpha value is -4.19. The van der Waals surface area contributed by atoms with Crippen molar-refractivity contribution < 1.29 is 14.7 Å². The highest BCUT2D eigenvalue weighted by molar-refractivity contribution is 5.96. The van der Waals surface area contributed by atoms with E-state index in [0.717, 1.165) is 35.2 Å². The van der Waals surface area contributed by atoms with Crippen LogP contribution in [0.2, 0.25) is 0 Å². The maximum absolute atomic E-state index is 13.5. The van der Waals surface area contributed by atoms with Gasteiger partial charge in [-0.3, -0.25) is 9.36 Å². The number of unbranched alkanes of at least 4 members (excludes halogenated alkanes) is 1. The van der Waals surface area contributed by atoms with Crippen LogP contribution in [0.25, 0.3) is 11.1 Å². The first kappa shape index (κ1) is 24.9. The van der Waals surface area contributed by atoms with E-state index in [9.17, 15) is 19.5 Å². The Bertz CT molecular complexity index is 1430. The normalized spacial score (nSPS) is 10.9. The van der Waals surface area contributed by atoms with Crippen LogP contribution in [0.3, 0.4) is 0 Å². The lowest BCUT2D eigenvalue weighted by molar-refractivity contribution is 0.0697. The molecular formula is C30H30N2O4. The number of hydrogen-bond acceptors (Lipinski definition) is 3. The van der Waals surface area contributed by atoms with Crippen molar-refractivity contribution in [2.45, 2.75) is 46.1 Å². The molecule has 36 heavy (non-hydrogen) atoms. The molecule has 1 heterocycles. The summed E-state index contributed by atoms with van der Waals surface area (Å²) >= 11 is 0. The monoisotopic (exact) mass is 482 g/mol. The highest BCUT2D eigenvalue weighted by atomic mass is 16.4. The van der Waals surface area contributed by atoms with Crippen LogP contribution in [-0.2, 0) is 19.4 Å². The van der Waals surface area contributed by atoms with E-state index in [1.165, 1.54) is 4.57 Å². The average Bonchev–Trinajstić information content (AvgIpc) is 3.12. The summed E-state index contributed by atoms with van der Waals surface area (Å²) in [7, 11) is 0. The molecule has 0 radical (unpaired) electrons. The molecule has 0 aliphatic carbocycles. The topological polar surface area (TPSA) is 81.3 Å². The fourth-order valence-corrected chi connectivity index (χ4v) is 4.56. The minimum absolute atomic E-state index is 0.163. The number of carboxylic acid groups (broad SMARTS) is 1. The first-order valence-electron chi connectivity index (χ1n) is 12.2. The Labute approximate surface area is 210 Å². The molecule has 0 bridgehead atoms. The van der Waals surface area contributed by atoms with Crippen LogP contribution in [0.1, 0.15) is 57.4 Å². The summed E-state index contributed by atoms with van der Waals surface area (Å²) in [5.41, 5.74) is 4.71. The number of aromatic carboxylic acids is 1. The predicted octanol–water partition coefficient (Wildman–Crippen LogP) is 5.60. The second-order valence-electron chi connectivity index (χ2n) is 8.94. The number of benzene rings is 3. The Balaban J connectivity index is 1.66.